The summed E-state index contributed by atoms with van der Waals surface area (Å²) in [6.45, 7) is 5.88. The minimum atomic E-state index is -0.694. The molecule has 1 atom stereocenters. The summed E-state index contributed by atoms with van der Waals surface area (Å²) in [4.78, 5) is 52.2. The van der Waals surface area contributed by atoms with E-state index in [4.69, 9.17) is 28.4 Å². The molecule has 0 aliphatic carbocycles. The fourth-order valence-electron chi connectivity index (χ4n) is 5.71. The second-order valence-corrected chi connectivity index (χ2v) is 12.8. The maximum absolute atomic E-state index is 13.5. The normalized spacial score (nSPS) is 13.0. The van der Waals surface area contributed by atoms with Crippen molar-refractivity contribution in [3.05, 3.63) is 167 Å². The second kappa shape index (κ2) is 15.8. The topological polar surface area (TPSA) is 124 Å². The van der Waals surface area contributed by atoms with Crippen molar-refractivity contribution in [1.29, 1.82) is 0 Å². The minimum absolute atomic E-state index is 0.125. The molecule has 0 N–H and O–H groups in total. The number of ether oxygens (including phenoxy) is 6. The summed E-state index contributed by atoms with van der Waals surface area (Å²) in [6.07, 6.45) is -0.377. The van der Waals surface area contributed by atoms with Crippen molar-refractivity contribution in [2.75, 3.05) is 6.61 Å². The van der Waals surface area contributed by atoms with Gasteiger partial charge in [-0.05, 0) is 118 Å². The summed E-state index contributed by atoms with van der Waals surface area (Å²) in [5, 5.41) is 0. The lowest BCUT2D eigenvalue weighted by atomic mass is 10.00. The van der Waals surface area contributed by atoms with Crippen LogP contribution < -0.4 is 28.4 Å². The van der Waals surface area contributed by atoms with Crippen LogP contribution in [0, 0.1) is 13.8 Å². The molecule has 7 rings (SSSR count). The molecule has 1 aliphatic rings. The van der Waals surface area contributed by atoms with E-state index in [0.717, 1.165) is 11.1 Å². The molecule has 6 aromatic rings. The van der Waals surface area contributed by atoms with Gasteiger partial charge in [-0.15, -0.1) is 0 Å². The average Bonchev–Trinajstić information content (AvgIpc) is 3.18. The summed E-state index contributed by atoms with van der Waals surface area (Å²) in [5.74, 6) is -0.926. The number of hydrogen-bond donors (Lipinski definition) is 0. The molecule has 0 radical (unpaired) electrons. The lowest BCUT2D eigenvalue weighted by Crippen LogP contribution is -2.23. The van der Waals surface area contributed by atoms with Crippen LogP contribution in [0.3, 0.4) is 0 Å². The molecule has 0 saturated carbocycles. The second-order valence-electron chi connectivity index (χ2n) is 12.8. The zero-order valence-corrected chi connectivity index (χ0v) is 30.1. The van der Waals surface area contributed by atoms with Crippen LogP contribution in [0.25, 0.3) is 11.1 Å². The predicted octanol–water partition coefficient (Wildman–Crippen LogP) is 9.01. The number of benzene rings is 6. The van der Waals surface area contributed by atoms with E-state index in [9.17, 15) is 19.2 Å². The summed E-state index contributed by atoms with van der Waals surface area (Å²) in [5.41, 5.74) is 3.88. The van der Waals surface area contributed by atoms with Gasteiger partial charge in [0.05, 0.1) is 33.4 Å². The Balaban J connectivity index is 1.12. The highest BCUT2D eigenvalue weighted by atomic mass is 16.6. The van der Waals surface area contributed by atoms with E-state index in [2.05, 4.69) is 0 Å². The van der Waals surface area contributed by atoms with Crippen LogP contribution in [0.5, 0.6) is 34.5 Å². The highest BCUT2D eigenvalue weighted by Gasteiger charge is 2.28. The third kappa shape index (κ3) is 8.39. The van der Waals surface area contributed by atoms with Gasteiger partial charge in [0.1, 0.15) is 47.2 Å². The van der Waals surface area contributed by atoms with Gasteiger partial charge in [0.15, 0.2) is 0 Å². The molecule has 55 heavy (non-hydrogen) atoms. The van der Waals surface area contributed by atoms with Gasteiger partial charge in [-0.3, -0.25) is 0 Å². The fourth-order valence-corrected chi connectivity index (χ4v) is 5.71. The molecule has 0 saturated heterocycles. The molecule has 1 unspecified atom stereocenters. The fraction of sp³-hybridized carbons (Fsp3) is 0.111. The maximum atomic E-state index is 13.5. The van der Waals surface area contributed by atoms with Gasteiger partial charge in [-0.25, -0.2) is 19.2 Å². The van der Waals surface area contributed by atoms with Crippen molar-refractivity contribution in [2.45, 2.75) is 26.9 Å². The van der Waals surface area contributed by atoms with Crippen molar-refractivity contribution in [2.24, 2.45) is 0 Å². The van der Waals surface area contributed by atoms with Gasteiger partial charge in [-0.1, -0.05) is 47.5 Å². The molecule has 1 heterocycles. The number of rotatable bonds is 8. The van der Waals surface area contributed by atoms with Crippen molar-refractivity contribution in [3.63, 3.8) is 0 Å². The average molecular weight is 735 g/mol. The van der Waals surface area contributed by atoms with Crippen LogP contribution >= 0.6 is 0 Å². The Morgan fingerprint density at radius 2 is 0.836 bits per heavy atom. The van der Waals surface area contributed by atoms with E-state index >= 15 is 0 Å². The quantitative estimate of drug-likeness (QED) is 0.111. The lowest BCUT2D eigenvalue weighted by Gasteiger charge is -2.26. The van der Waals surface area contributed by atoms with Crippen LogP contribution in [-0.4, -0.2) is 36.6 Å². The SMILES string of the molecule is Cc1ccc(C(=O)Oc2ccc(C(=O)Oc3cccc4c3-c3c(OC(=O)c5ccc(OC(=O)c6ccc(C)cc6)cc5)cccc3OC(C)CO4)cc2)cc1. The van der Waals surface area contributed by atoms with Crippen LogP contribution in [0.4, 0.5) is 0 Å². The summed E-state index contributed by atoms with van der Waals surface area (Å²) >= 11 is 0. The molecule has 10 heteroatoms. The molecular weight excluding hydrogens is 700 g/mol. The Bertz CT molecular complexity index is 2380. The number of hydrogen-bond acceptors (Lipinski definition) is 10. The Kier molecular flexibility index (Phi) is 10.4. The highest BCUT2D eigenvalue weighted by Crippen LogP contribution is 2.49. The largest absolute Gasteiger partial charge is 0.489 e. The molecule has 274 valence electrons. The molecule has 6 aromatic carbocycles. The van der Waals surface area contributed by atoms with E-state index in [-0.39, 0.29) is 46.8 Å². The van der Waals surface area contributed by atoms with E-state index in [1.54, 1.807) is 60.7 Å². The first-order valence-electron chi connectivity index (χ1n) is 17.4. The summed E-state index contributed by atoms with van der Waals surface area (Å²) < 4.78 is 35.1. The van der Waals surface area contributed by atoms with Crippen molar-refractivity contribution < 1.29 is 47.6 Å². The van der Waals surface area contributed by atoms with E-state index in [1.807, 2.05) is 45.0 Å². The van der Waals surface area contributed by atoms with Gasteiger partial charge in [0.25, 0.3) is 0 Å². The summed E-state index contributed by atoms with van der Waals surface area (Å²) in [7, 11) is 0. The molecule has 0 fully saturated rings. The van der Waals surface area contributed by atoms with Crippen LogP contribution in [0.2, 0.25) is 0 Å². The lowest BCUT2D eigenvalue weighted by molar-refractivity contribution is 0.0717. The number of carbonyl (C=O) groups is 4. The number of esters is 4. The van der Waals surface area contributed by atoms with Crippen molar-refractivity contribution in [1.82, 2.24) is 0 Å². The number of fused-ring (bicyclic) bond motifs is 3. The van der Waals surface area contributed by atoms with Gasteiger partial charge in [-0.2, -0.15) is 0 Å². The third-order valence-electron chi connectivity index (χ3n) is 8.61. The Morgan fingerprint density at radius 3 is 1.27 bits per heavy atom. The predicted molar refractivity (Wildman–Crippen MR) is 203 cm³/mol. The molecular formula is C45H34O10. The van der Waals surface area contributed by atoms with Crippen molar-refractivity contribution >= 4 is 23.9 Å². The van der Waals surface area contributed by atoms with Crippen molar-refractivity contribution in [3.8, 4) is 45.6 Å². The molecule has 0 amide bonds. The zero-order chi connectivity index (χ0) is 38.5. The molecule has 0 aromatic heterocycles. The van der Waals surface area contributed by atoms with Gasteiger partial charge in [0, 0.05) is 0 Å². The zero-order valence-electron chi connectivity index (χ0n) is 30.1. The number of carbonyl (C=O) groups excluding carboxylic acids is 4. The first kappa shape index (κ1) is 36.2. The maximum Gasteiger partial charge on any atom is 0.343 e. The smallest absolute Gasteiger partial charge is 0.343 e. The van der Waals surface area contributed by atoms with Gasteiger partial charge >= 0.3 is 23.9 Å². The van der Waals surface area contributed by atoms with Gasteiger partial charge in [0.2, 0.25) is 0 Å². The van der Waals surface area contributed by atoms with E-state index in [0.29, 0.717) is 33.8 Å². The Hall–Kier alpha value is -7.20. The minimum Gasteiger partial charge on any atom is -0.489 e. The standard InChI is InChI=1S/C45H34O10/c1-27-10-14-30(15-11-27)42(46)52-34-22-18-32(19-23-34)44(48)54-38-8-4-6-36-40(38)41-37(51-29(3)26-50-36)7-5-9-39(41)55-45(49)33-20-24-35(25-21-33)53-43(47)31-16-12-28(2)13-17-31/h4-25,29H,26H2,1-3H3. The first-order valence-corrected chi connectivity index (χ1v) is 17.4. The highest BCUT2D eigenvalue weighted by molar-refractivity contribution is 5.97. The van der Waals surface area contributed by atoms with Crippen LogP contribution in [0.1, 0.15) is 59.5 Å². The molecule has 1 aliphatic heterocycles. The first-order chi connectivity index (χ1) is 26.6. The van der Waals surface area contributed by atoms with Gasteiger partial charge < -0.3 is 28.4 Å². The Morgan fingerprint density at radius 1 is 0.473 bits per heavy atom. The summed E-state index contributed by atoms with van der Waals surface area (Å²) in [6, 6.07) is 36.0. The Labute approximate surface area is 316 Å². The van der Waals surface area contributed by atoms with Crippen LogP contribution in [0.15, 0.2) is 133 Å². The molecule has 10 nitrogen and oxygen atoms in total. The number of aryl methyl sites for hydroxylation is 2. The van der Waals surface area contributed by atoms with E-state index < -0.39 is 23.9 Å². The third-order valence-corrected chi connectivity index (χ3v) is 8.61. The van der Waals surface area contributed by atoms with Crippen LogP contribution in [-0.2, 0) is 0 Å². The van der Waals surface area contributed by atoms with E-state index in [1.165, 1.54) is 48.5 Å². The molecule has 0 spiro atoms. The monoisotopic (exact) mass is 734 g/mol. The molecule has 0 bridgehead atoms.